The largest absolute Gasteiger partial charge is 0.488 e. The molecule has 4 rings (SSSR count). The number of methoxy groups -OCH3 is 1. The quantitative estimate of drug-likeness (QED) is 0.215. The minimum atomic E-state index is -0.309. The number of amidine groups is 1. The van der Waals surface area contributed by atoms with Gasteiger partial charge < -0.3 is 9.47 Å². The van der Waals surface area contributed by atoms with E-state index in [2.05, 4.69) is 15.9 Å². The fourth-order valence-corrected chi connectivity index (χ4v) is 4.86. The van der Waals surface area contributed by atoms with Crippen LogP contribution in [0.1, 0.15) is 17.5 Å². The van der Waals surface area contributed by atoms with Gasteiger partial charge in [0.05, 0.1) is 10.6 Å². The molecule has 3 aromatic rings. The van der Waals surface area contributed by atoms with E-state index >= 15 is 0 Å². The van der Waals surface area contributed by atoms with Crippen molar-refractivity contribution in [3.8, 4) is 5.75 Å². The molecule has 0 atom stereocenters. The van der Waals surface area contributed by atoms with E-state index in [4.69, 9.17) is 14.5 Å². The van der Waals surface area contributed by atoms with Gasteiger partial charge in [-0.3, -0.25) is 9.69 Å². The number of para-hydroxylation sites is 1. The van der Waals surface area contributed by atoms with Crippen molar-refractivity contribution in [2.75, 3.05) is 20.3 Å². The van der Waals surface area contributed by atoms with Crippen LogP contribution in [-0.4, -0.2) is 36.2 Å². The van der Waals surface area contributed by atoms with Crippen LogP contribution in [0.25, 0.3) is 6.08 Å². The topological polar surface area (TPSA) is 51.1 Å². The summed E-state index contributed by atoms with van der Waals surface area (Å²) < 4.78 is 25.6. The SMILES string of the molecule is COCCCN1C(=O)/C(=C/c2cc(Br)ccc2OCc2cccc(F)c2)SC1=Nc1ccccc1. The number of aliphatic imine (C=N–C) groups is 1. The molecule has 1 heterocycles. The molecule has 0 aliphatic carbocycles. The summed E-state index contributed by atoms with van der Waals surface area (Å²) in [5, 5.41) is 0.626. The molecule has 0 N–H and O–H groups in total. The van der Waals surface area contributed by atoms with Crippen molar-refractivity contribution in [2.24, 2.45) is 4.99 Å². The Morgan fingerprint density at radius 3 is 2.69 bits per heavy atom. The van der Waals surface area contributed by atoms with Gasteiger partial charge in [-0.1, -0.05) is 46.3 Å². The summed E-state index contributed by atoms with van der Waals surface area (Å²) in [7, 11) is 1.64. The zero-order valence-electron chi connectivity index (χ0n) is 19.1. The Labute approximate surface area is 216 Å². The highest BCUT2D eigenvalue weighted by molar-refractivity contribution is 9.10. The van der Waals surface area contributed by atoms with Gasteiger partial charge >= 0.3 is 0 Å². The summed E-state index contributed by atoms with van der Waals surface area (Å²) in [6.07, 6.45) is 2.51. The second-order valence-electron chi connectivity index (χ2n) is 7.74. The van der Waals surface area contributed by atoms with E-state index in [1.807, 2.05) is 54.6 Å². The molecule has 0 aromatic heterocycles. The highest BCUT2D eigenvalue weighted by Crippen LogP contribution is 2.36. The third-order valence-corrected chi connectivity index (χ3v) is 6.64. The molecule has 8 heteroatoms. The maximum atomic E-state index is 13.5. The Morgan fingerprint density at radius 1 is 1.09 bits per heavy atom. The summed E-state index contributed by atoms with van der Waals surface area (Å²) >= 11 is 4.83. The average Bonchev–Trinajstić information content (AvgIpc) is 3.13. The summed E-state index contributed by atoms with van der Waals surface area (Å²) in [5.41, 5.74) is 2.24. The van der Waals surface area contributed by atoms with Crippen LogP contribution >= 0.6 is 27.7 Å². The van der Waals surface area contributed by atoms with Crippen molar-refractivity contribution >= 4 is 50.5 Å². The van der Waals surface area contributed by atoms with Gasteiger partial charge in [0, 0.05) is 30.3 Å². The van der Waals surface area contributed by atoms with Crippen LogP contribution in [0.3, 0.4) is 0 Å². The number of nitrogens with zero attached hydrogens (tertiary/aromatic N) is 2. The third kappa shape index (κ3) is 6.81. The van der Waals surface area contributed by atoms with Crippen LogP contribution in [0.4, 0.5) is 10.1 Å². The number of thioether (sulfide) groups is 1. The lowest BCUT2D eigenvalue weighted by Gasteiger charge is -2.15. The molecule has 5 nitrogen and oxygen atoms in total. The molecule has 1 aliphatic rings. The number of hydrogen-bond donors (Lipinski definition) is 0. The number of ether oxygens (including phenoxy) is 2. The molecular weight excluding hydrogens is 531 g/mol. The predicted octanol–water partition coefficient (Wildman–Crippen LogP) is 6.81. The van der Waals surface area contributed by atoms with Crippen LogP contribution in [0.5, 0.6) is 5.75 Å². The van der Waals surface area contributed by atoms with Crippen molar-refractivity contribution in [2.45, 2.75) is 13.0 Å². The van der Waals surface area contributed by atoms with Gasteiger partial charge in [0.1, 0.15) is 18.2 Å². The summed E-state index contributed by atoms with van der Waals surface area (Å²) in [6.45, 7) is 1.26. The molecule has 0 unspecified atom stereocenters. The highest BCUT2D eigenvalue weighted by Gasteiger charge is 2.33. The van der Waals surface area contributed by atoms with Gasteiger partial charge in [0.25, 0.3) is 5.91 Å². The number of rotatable bonds is 9. The van der Waals surface area contributed by atoms with E-state index in [-0.39, 0.29) is 18.3 Å². The molecule has 1 fully saturated rings. The zero-order valence-corrected chi connectivity index (χ0v) is 21.5. The Kier molecular flexibility index (Phi) is 8.74. The standard InChI is InChI=1S/C27H24BrFN2O3S/c1-33-14-6-13-31-26(32)25(35-27(31)30-23-9-3-2-4-10-23)17-20-16-21(28)11-12-24(20)34-18-19-7-5-8-22(29)15-19/h2-5,7-12,15-17H,6,13-14,18H2,1H3/b25-17-,30-27?. The lowest BCUT2D eigenvalue weighted by Crippen LogP contribution is -2.30. The van der Waals surface area contributed by atoms with Gasteiger partial charge in [0.2, 0.25) is 0 Å². The van der Waals surface area contributed by atoms with Crippen molar-refractivity contribution in [3.63, 3.8) is 0 Å². The van der Waals surface area contributed by atoms with Crippen molar-refractivity contribution in [1.82, 2.24) is 4.90 Å². The Bertz CT molecular complexity index is 1250. The summed E-state index contributed by atoms with van der Waals surface area (Å²) in [6, 6.07) is 21.4. The molecule has 3 aromatic carbocycles. The molecule has 1 saturated heterocycles. The molecule has 1 amide bonds. The molecule has 0 saturated carbocycles. The Morgan fingerprint density at radius 2 is 1.91 bits per heavy atom. The molecular formula is C27H24BrFN2O3S. The first-order valence-corrected chi connectivity index (χ1v) is 12.7. The normalized spacial score (nSPS) is 15.9. The number of amides is 1. The van der Waals surface area contributed by atoms with Crippen LogP contribution in [0, 0.1) is 5.82 Å². The second-order valence-corrected chi connectivity index (χ2v) is 9.67. The number of hydrogen-bond acceptors (Lipinski definition) is 5. The fraction of sp³-hybridized carbons (Fsp3) is 0.185. The van der Waals surface area contributed by atoms with Crippen LogP contribution < -0.4 is 4.74 Å². The molecule has 0 spiro atoms. The number of benzene rings is 3. The number of carbonyl (C=O) groups excluding carboxylic acids is 1. The van der Waals surface area contributed by atoms with Crippen molar-refractivity contribution in [1.29, 1.82) is 0 Å². The Balaban J connectivity index is 1.61. The maximum absolute atomic E-state index is 13.5. The molecule has 1 aliphatic heterocycles. The number of carbonyl (C=O) groups is 1. The Hall–Kier alpha value is -2.94. The summed E-state index contributed by atoms with van der Waals surface area (Å²) in [4.78, 5) is 20.3. The average molecular weight is 555 g/mol. The van der Waals surface area contributed by atoms with E-state index < -0.39 is 0 Å². The molecule has 35 heavy (non-hydrogen) atoms. The smallest absolute Gasteiger partial charge is 0.266 e. The van der Waals surface area contributed by atoms with E-state index in [1.54, 1.807) is 24.1 Å². The van der Waals surface area contributed by atoms with E-state index in [1.165, 1.54) is 23.9 Å². The first-order chi connectivity index (χ1) is 17.0. The third-order valence-electron chi connectivity index (χ3n) is 5.14. The first kappa shape index (κ1) is 25.2. The van der Waals surface area contributed by atoms with Crippen LogP contribution in [-0.2, 0) is 16.1 Å². The summed E-state index contributed by atoms with van der Waals surface area (Å²) in [5.74, 6) is 0.172. The molecule has 180 valence electrons. The van der Waals surface area contributed by atoms with Crippen LogP contribution in [0.2, 0.25) is 0 Å². The first-order valence-electron chi connectivity index (χ1n) is 11.0. The molecule has 0 radical (unpaired) electrons. The van der Waals surface area contributed by atoms with Crippen molar-refractivity contribution in [3.05, 3.63) is 99.1 Å². The lowest BCUT2D eigenvalue weighted by atomic mass is 10.1. The van der Waals surface area contributed by atoms with Gasteiger partial charge in [-0.05, 0) is 72.3 Å². The van der Waals surface area contributed by atoms with Crippen molar-refractivity contribution < 1.29 is 18.7 Å². The molecule has 0 bridgehead atoms. The van der Waals surface area contributed by atoms with E-state index in [9.17, 15) is 9.18 Å². The van der Waals surface area contributed by atoms with Gasteiger partial charge in [0.15, 0.2) is 5.17 Å². The number of halogens is 2. The van der Waals surface area contributed by atoms with Crippen LogP contribution in [0.15, 0.2) is 87.2 Å². The lowest BCUT2D eigenvalue weighted by molar-refractivity contribution is -0.122. The predicted molar refractivity (Wildman–Crippen MR) is 142 cm³/mol. The second kappa shape index (κ2) is 12.2. The maximum Gasteiger partial charge on any atom is 0.266 e. The van der Waals surface area contributed by atoms with Gasteiger partial charge in [-0.2, -0.15) is 0 Å². The highest BCUT2D eigenvalue weighted by atomic mass is 79.9. The zero-order chi connectivity index (χ0) is 24.6. The van der Waals surface area contributed by atoms with Gasteiger partial charge in [-0.25, -0.2) is 9.38 Å². The fourth-order valence-electron chi connectivity index (χ4n) is 3.46. The monoisotopic (exact) mass is 554 g/mol. The minimum absolute atomic E-state index is 0.114. The van der Waals surface area contributed by atoms with E-state index in [0.717, 1.165) is 21.3 Å². The minimum Gasteiger partial charge on any atom is -0.488 e. The van der Waals surface area contributed by atoms with E-state index in [0.29, 0.717) is 35.4 Å². The van der Waals surface area contributed by atoms with Gasteiger partial charge in [-0.15, -0.1) is 0 Å².